The highest BCUT2D eigenvalue weighted by atomic mass is 16.5. The first-order chi connectivity index (χ1) is 10.1. The second kappa shape index (κ2) is 5.39. The third-order valence-electron chi connectivity index (χ3n) is 4.37. The summed E-state index contributed by atoms with van der Waals surface area (Å²) in [6.45, 7) is 0.358. The molecule has 2 unspecified atom stereocenters. The average molecular weight is 289 g/mol. The molecule has 5 heteroatoms. The van der Waals surface area contributed by atoms with E-state index in [2.05, 4.69) is 5.32 Å². The first-order valence-corrected chi connectivity index (χ1v) is 7.28. The van der Waals surface area contributed by atoms with Crippen molar-refractivity contribution < 1.29 is 19.4 Å². The number of methoxy groups -OCH3 is 1. The molecule has 2 aliphatic carbocycles. The van der Waals surface area contributed by atoms with E-state index in [1.54, 1.807) is 18.2 Å². The fraction of sp³-hybridized carbons (Fsp3) is 0.500. The van der Waals surface area contributed by atoms with Gasteiger partial charge >= 0.3 is 5.97 Å². The van der Waals surface area contributed by atoms with Crippen molar-refractivity contribution in [3.8, 4) is 5.75 Å². The Labute approximate surface area is 123 Å². The van der Waals surface area contributed by atoms with E-state index in [1.807, 2.05) is 0 Å². The minimum Gasteiger partial charge on any atom is -0.496 e. The van der Waals surface area contributed by atoms with Crippen LogP contribution in [0.15, 0.2) is 18.2 Å². The zero-order valence-electron chi connectivity index (χ0n) is 12.0. The molecule has 0 spiro atoms. The second-order valence-electron chi connectivity index (χ2n) is 5.90. The quantitative estimate of drug-likeness (QED) is 0.840. The van der Waals surface area contributed by atoms with Gasteiger partial charge < -0.3 is 15.2 Å². The highest BCUT2D eigenvalue weighted by Gasteiger charge is 2.50. The second-order valence-corrected chi connectivity index (χ2v) is 5.90. The number of hydrogen-bond acceptors (Lipinski definition) is 3. The Hall–Kier alpha value is -2.04. The molecule has 2 aliphatic rings. The van der Waals surface area contributed by atoms with E-state index >= 15 is 0 Å². The maximum atomic E-state index is 12.0. The van der Waals surface area contributed by atoms with E-state index in [-0.39, 0.29) is 17.4 Å². The van der Waals surface area contributed by atoms with Gasteiger partial charge in [-0.15, -0.1) is 0 Å². The Morgan fingerprint density at radius 1 is 1.38 bits per heavy atom. The molecule has 112 valence electrons. The Morgan fingerprint density at radius 3 is 2.76 bits per heavy atom. The SMILES string of the molecule is COc1ccc(CNC(=O)C2CC2C2CC2)cc1C(=O)O. The summed E-state index contributed by atoms with van der Waals surface area (Å²) in [6.07, 6.45) is 3.56. The number of benzene rings is 1. The van der Waals surface area contributed by atoms with E-state index in [9.17, 15) is 9.59 Å². The highest BCUT2D eigenvalue weighted by Crippen LogP contribution is 2.54. The maximum absolute atomic E-state index is 12.0. The molecule has 1 amide bonds. The summed E-state index contributed by atoms with van der Waals surface area (Å²) in [4.78, 5) is 23.2. The topological polar surface area (TPSA) is 75.6 Å². The molecule has 0 aliphatic heterocycles. The fourth-order valence-electron chi connectivity index (χ4n) is 2.91. The number of carbonyl (C=O) groups excluding carboxylic acids is 1. The van der Waals surface area contributed by atoms with E-state index in [0.29, 0.717) is 18.2 Å². The summed E-state index contributed by atoms with van der Waals surface area (Å²) in [5, 5.41) is 12.0. The number of nitrogens with one attached hydrogen (secondary N) is 1. The maximum Gasteiger partial charge on any atom is 0.339 e. The number of carboxylic acid groups (broad SMARTS) is 1. The molecule has 0 aromatic heterocycles. The minimum atomic E-state index is -1.03. The first-order valence-electron chi connectivity index (χ1n) is 7.28. The van der Waals surface area contributed by atoms with Gasteiger partial charge in [0.1, 0.15) is 11.3 Å². The van der Waals surface area contributed by atoms with Crippen LogP contribution in [0.2, 0.25) is 0 Å². The first kappa shape index (κ1) is 13.9. The smallest absolute Gasteiger partial charge is 0.339 e. The summed E-state index contributed by atoms with van der Waals surface area (Å²) >= 11 is 0. The van der Waals surface area contributed by atoms with Crippen LogP contribution in [0.3, 0.4) is 0 Å². The molecule has 1 aromatic rings. The lowest BCUT2D eigenvalue weighted by Crippen LogP contribution is -2.25. The molecule has 0 bridgehead atoms. The number of rotatable bonds is 6. The van der Waals surface area contributed by atoms with Gasteiger partial charge in [-0.25, -0.2) is 4.79 Å². The average Bonchev–Trinajstić information content (AvgIpc) is 3.35. The normalized spacial score (nSPS) is 23.5. The van der Waals surface area contributed by atoms with Crippen LogP contribution in [0.25, 0.3) is 0 Å². The lowest BCUT2D eigenvalue weighted by atomic mass is 10.1. The summed E-state index contributed by atoms with van der Waals surface area (Å²) < 4.78 is 5.01. The van der Waals surface area contributed by atoms with Crippen LogP contribution in [0, 0.1) is 17.8 Å². The largest absolute Gasteiger partial charge is 0.496 e. The third-order valence-corrected chi connectivity index (χ3v) is 4.37. The highest BCUT2D eigenvalue weighted by molar-refractivity contribution is 5.91. The number of ether oxygens (including phenoxy) is 1. The zero-order valence-corrected chi connectivity index (χ0v) is 12.0. The van der Waals surface area contributed by atoms with Crippen LogP contribution in [0.4, 0.5) is 0 Å². The van der Waals surface area contributed by atoms with Crippen molar-refractivity contribution in [3.05, 3.63) is 29.3 Å². The number of hydrogen-bond donors (Lipinski definition) is 2. The van der Waals surface area contributed by atoms with Gasteiger partial charge in [0.25, 0.3) is 0 Å². The van der Waals surface area contributed by atoms with Gasteiger partial charge in [0, 0.05) is 12.5 Å². The van der Waals surface area contributed by atoms with Gasteiger partial charge in [-0.05, 0) is 48.8 Å². The lowest BCUT2D eigenvalue weighted by molar-refractivity contribution is -0.122. The molecule has 0 heterocycles. The van der Waals surface area contributed by atoms with Crippen molar-refractivity contribution >= 4 is 11.9 Å². The molecular weight excluding hydrogens is 270 g/mol. The van der Waals surface area contributed by atoms with Crippen molar-refractivity contribution in [1.29, 1.82) is 0 Å². The van der Waals surface area contributed by atoms with Crippen LogP contribution < -0.4 is 10.1 Å². The molecule has 0 radical (unpaired) electrons. The molecule has 1 aromatic carbocycles. The standard InChI is InChI=1S/C16H19NO4/c1-21-14-5-2-9(6-13(14)16(19)20)8-17-15(18)12-7-11(12)10-3-4-10/h2,5-6,10-12H,3-4,7-8H2,1H3,(H,17,18)(H,19,20). The van der Waals surface area contributed by atoms with Gasteiger partial charge in [0.2, 0.25) is 5.91 Å². The molecule has 0 saturated heterocycles. The van der Waals surface area contributed by atoms with Crippen LogP contribution in [-0.4, -0.2) is 24.1 Å². The monoisotopic (exact) mass is 289 g/mol. The Balaban J connectivity index is 1.58. The van der Waals surface area contributed by atoms with Crippen LogP contribution >= 0.6 is 0 Å². The van der Waals surface area contributed by atoms with Crippen LogP contribution in [-0.2, 0) is 11.3 Å². The summed E-state index contributed by atoms with van der Waals surface area (Å²) in [5.74, 6) is 0.940. The van der Waals surface area contributed by atoms with E-state index in [4.69, 9.17) is 9.84 Å². The van der Waals surface area contributed by atoms with Crippen molar-refractivity contribution in [1.82, 2.24) is 5.32 Å². The summed E-state index contributed by atoms with van der Waals surface area (Å²) in [7, 11) is 1.44. The lowest BCUT2D eigenvalue weighted by Gasteiger charge is -2.09. The predicted molar refractivity (Wildman–Crippen MR) is 76.1 cm³/mol. The molecule has 2 atom stereocenters. The molecular formula is C16H19NO4. The minimum absolute atomic E-state index is 0.0968. The molecule has 2 N–H and O–H groups in total. The predicted octanol–water partition coefficient (Wildman–Crippen LogP) is 2.06. The zero-order chi connectivity index (χ0) is 15.0. The van der Waals surface area contributed by atoms with Crippen molar-refractivity contribution in [2.24, 2.45) is 17.8 Å². The van der Waals surface area contributed by atoms with E-state index in [1.165, 1.54) is 20.0 Å². The van der Waals surface area contributed by atoms with Crippen molar-refractivity contribution in [2.45, 2.75) is 25.8 Å². The van der Waals surface area contributed by atoms with Crippen LogP contribution in [0.1, 0.15) is 35.2 Å². The summed E-state index contributed by atoms with van der Waals surface area (Å²) in [6, 6.07) is 4.94. The molecule has 3 rings (SSSR count). The van der Waals surface area contributed by atoms with Gasteiger partial charge in [0.15, 0.2) is 0 Å². The van der Waals surface area contributed by atoms with Gasteiger partial charge in [-0.3, -0.25) is 4.79 Å². The number of amides is 1. The van der Waals surface area contributed by atoms with Gasteiger partial charge in [0.05, 0.1) is 7.11 Å². The van der Waals surface area contributed by atoms with Crippen LogP contribution in [0.5, 0.6) is 5.75 Å². The Kier molecular flexibility index (Phi) is 3.57. The van der Waals surface area contributed by atoms with Crippen molar-refractivity contribution in [3.63, 3.8) is 0 Å². The Bertz CT molecular complexity index is 580. The van der Waals surface area contributed by atoms with Crippen molar-refractivity contribution in [2.75, 3.05) is 7.11 Å². The van der Waals surface area contributed by atoms with E-state index < -0.39 is 5.97 Å². The molecule has 5 nitrogen and oxygen atoms in total. The van der Waals surface area contributed by atoms with Gasteiger partial charge in [-0.1, -0.05) is 6.07 Å². The number of aromatic carboxylic acids is 1. The molecule has 2 fully saturated rings. The van der Waals surface area contributed by atoms with Gasteiger partial charge in [-0.2, -0.15) is 0 Å². The summed E-state index contributed by atoms with van der Waals surface area (Å²) in [5.41, 5.74) is 0.886. The Morgan fingerprint density at radius 2 is 2.14 bits per heavy atom. The number of carboxylic acids is 1. The van der Waals surface area contributed by atoms with E-state index in [0.717, 1.165) is 17.9 Å². The molecule has 2 saturated carbocycles. The molecule has 21 heavy (non-hydrogen) atoms. The number of carbonyl (C=O) groups is 2. The fourth-order valence-corrected chi connectivity index (χ4v) is 2.91. The third kappa shape index (κ3) is 3.01.